The molecule has 1 rings (SSSR count). The summed E-state index contributed by atoms with van der Waals surface area (Å²) in [4.78, 5) is 11.1. The Morgan fingerprint density at radius 2 is 2.29 bits per heavy atom. The highest BCUT2D eigenvalue weighted by Crippen LogP contribution is 2.19. The van der Waals surface area contributed by atoms with Gasteiger partial charge in [0.25, 0.3) is 0 Å². The first-order chi connectivity index (χ1) is 8.01. The maximum atomic E-state index is 11.1. The number of nitrogens with one attached hydrogen (secondary N) is 1. The molecule has 0 saturated heterocycles. The summed E-state index contributed by atoms with van der Waals surface area (Å²) in [6.07, 6.45) is 0. The molecule has 0 spiro atoms. The standard InChI is InChI=1S/C10H17N3O4/c1-6-8(10(15)16)9(13(2)12-6)11-7(4-14)5-17-3/h7,11,14H,4-5H2,1-3H3,(H,15,16). The van der Waals surface area contributed by atoms with Crippen molar-refractivity contribution in [3.05, 3.63) is 11.3 Å². The zero-order chi connectivity index (χ0) is 13.0. The zero-order valence-electron chi connectivity index (χ0n) is 10.1. The van der Waals surface area contributed by atoms with Gasteiger partial charge in [0, 0.05) is 14.2 Å². The number of carbonyl (C=O) groups is 1. The summed E-state index contributed by atoms with van der Waals surface area (Å²) >= 11 is 0. The first-order valence-corrected chi connectivity index (χ1v) is 5.14. The third-order valence-electron chi connectivity index (χ3n) is 2.37. The highest BCUT2D eigenvalue weighted by Gasteiger charge is 2.21. The lowest BCUT2D eigenvalue weighted by Gasteiger charge is -2.17. The molecule has 7 nitrogen and oxygen atoms in total. The number of ether oxygens (including phenoxy) is 1. The minimum atomic E-state index is -1.05. The number of hydrogen-bond acceptors (Lipinski definition) is 5. The van der Waals surface area contributed by atoms with Gasteiger partial charge in [-0.1, -0.05) is 0 Å². The van der Waals surface area contributed by atoms with Crippen LogP contribution in [0.5, 0.6) is 0 Å². The quantitative estimate of drug-likeness (QED) is 0.642. The Balaban J connectivity index is 3.00. The van der Waals surface area contributed by atoms with Crippen molar-refractivity contribution in [2.75, 3.05) is 25.6 Å². The van der Waals surface area contributed by atoms with E-state index in [9.17, 15) is 4.79 Å². The summed E-state index contributed by atoms with van der Waals surface area (Å²) in [6, 6.07) is -0.368. The Kier molecular flexibility index (Phi) is 4.47. The van der Waals surface area contributed by atoms with Crippen molar-refractivity contribution in [2.24, 2.45) is 7.05 Å². The van der Waals surface area contributed by atoms with Gasteiger partial charge in [-0.15, -0.1) is 0 Å². The minimum absolute atomic E-state index is 0.113. The molecule has 17 heavy (non-hydrogen) atoms. The molecule has 1 atom stereocenters. The van der Waals surface area contributed by atoms with Crippen LogP contribution in [-0.2, 0) is 11.8 Å². The maximum Gasteiger partial charge on any atom is 0.341 e. The van der Waals surface area contributed by atoms with Crippen LogP contribution in [0.15, 0.2) is 0 Å². The summed E-state index contributed by atoms with van der Waals surface area (Å²) in [5, 5.41) is 25.2. The van der Waals surface area contributed by atoms with Crippen molar-refractivity contribution in [1.82, 2.24) is 9.78 Å². The molecule has 0 aromatic carbocycles. The van der Waals surface area contributed by atoms with E-state index < -0.39 is 5.97 Å². The minimum Gasteiger partial charge on any atom is -0.477 e. The topological polar surface area (TPSA) is 96.6 Å². The highest BCUT2D eigenvalue weighted by atomic mass is 16.5. The second kappa shape index (κ2) is 5.65. The van der Waals surface area contributed by atoms with Crippen molar-refractivity contribution in [2.45, 2.75) is 13.0 Å². The largest absolute Gasteiger partial charge is 0.477 e. The smallest absolute Gasteiger partial charge is 0.341 e. The van der Waals surface area contributed by atoms with E-state index in [2.05, 4.69) is 10.4 Å². The molecule has 0 aliphatic heterocycles. The Hall–Kier alpha value is -1.60. The van der Waals surface area contributed by atoms with E-state index in [4.69, 9.17) is 14.9 Å². The van der Waals surface area contributed by atoms with Gasteiger partial charge in [0.2, 0.25) is 0 Å². The third kappa shape index (κ3) is 2.95. The fraction of sp³-hybridized carbons (Fsp3) is 0.600. The second-order valence-corrected chi connectivity index (χ2v) is 3.72. The maximum absolute atomic E-state index is 11.1. The van der Waals surface area contributed by atoms with E-state index in [0.29, 0.717) is 11.5 Å². The van der Waals surface area contributed by atoms with Crippen molar-refractivity contribution in [3.63, 3.8) is 0 Å². The zero-order valence-corrected chi connectivity index (χ0v) is 10.1. The Morgan fingerprint density at radius 1 is 1.65 bits per heavy atom. The molecular weight excluding hydrogens is 226 g/mol. The molecule has 1 aromatic rings. The van der Waals surface area contributed by atoms with Gasteiger partial charge in [0.15, 0.2) is 0 Å². The van der Waals surface area contributed by atoms with Gasteiger partial charge >= 0.3 is 5.97 Å². The van der Waals surface area contributed by atoms with Crippen LogP contribution < -0.4 is 5.32 Å². The first-order valence-electron chi connectivity index (χ1n) is 5.14. The average Bonchev–Trinajstić information content (AvgIpc) is 2.53. The van der Waals surface area contributed by atoms with E-state index in [1.807, 2.05) is 0 Å². The SMILES string of the molecule is COCC(CO)Nc1c(C(=O)O)c(C)nn1C. The predicted molar refractivity (Wildman–Crippen MR) is 61.3 cm³/mol. The van der Waals surface area contributed by atoms with E-state index in [1.54, 1.807) is 14.0 Å². The Morgan fingerprint density at radius 3 is 2.76 bits per heavy atom. The number of anilines is 1. The number of aromatic nitrogens is 2. The fourth-order valence-corrected chi connectivity index (χ4v) is 1.61. The number of rotatable bonds is 6. The molecular formula is C10H17N3O4. The molecule has 0 bridgehead atoms. The van der Waals surface area contributed by atoms with Gasteiger partial charge in [0.05, 0.1) is 24.9 Å². The lowest BCUT2D eigenvalue weighted by atomic mass is 10.2. The van der Waals surface area contributed by atoms with Crippen LogP contribution in [0.3, 0.4) is 0 Å². The molecule has 1 unspecified atom stereocenters. The van der Waals surface area contributed by atoms with E-state index in [0.717, 1.165) is 0 Å². The molecule has 0 amide bonds. The van der Waals surface area contributed by atoms with Crippen molar-refractivity contribution < 1.29 is 19.7 Å². The van der Waals surface area contributed by atoms with Gasteiger partial charge in [-0.2, -0.15) is 5.10 Å². The van der Waals surface area contributed by atoms with Crippen molar-refractivity contribution >= 4 is 11.8 Å². The number of aliphatic hydroxyl groups is 1. The molecule has 0 aliphatic rings. The summed E-state index contributed by atoms with van der Waals surface area (Å²) in [5.74, 6) is -0.682. The molecule has 0 radical (unpaired) electrons. The van der Waals surface area contributed by atoms with Crippen LogP contribution in [0.1, 0.15) is 16.1 Å². The summed E-state index contributed by atoms with van der Waals surface area (Å²) in [7, 11) is 3.15. The lowest BCUT2D eigenvalue weighted by Crippen LogP contribution is -2.30. The van der Waals surface area contributed by atoms with Gasteiger partial charge in [0.1, 0.15) is 11.4 Å². The molecule has 3 N–H and O–H groups in total. The van der Waals surface area contributed by atoms with Crippen LogP contribution >= 0.6 is 0 Å². The van der Waals surface area contributed by atoms with Gasteiger partial charge in [-0.05, 0) is 6.92 Å². The number of hydrogen-bond donors (Lipinski definition) is 3. The monoisotopic (exact) mass is 243 g/mol. The second-order valence-electron chi connectivity index (χ2n) is 3.72. The molecule has 1 heterocycles. The number of aromatic carboxylic acids is 1. The summed E-state index contributed by atoms with van der Waals surface area (Å²) in [5.41, 5.74) is 0.540. The van der Waals surface area contributed by atoms with Gasteiger partial charge < -0.3 is 20.3 Å². The van der Waals surface area contributed by atoms with Crippen LogP contribution in [0.25, 0.3) is 0 Å². The number of aryl methyl sites for hydroxylation is 2. The van der Waals surface area contributed by atoms with Gasteiger partial charge in [-0.25, -0.2) is 4.79 Å². The first kappa shape index (κ1) is 13.5. The summed E-state index contributed by atoms with van der Waals surface area (Å²) in [6.45, 7) is 1.75. The lowest BCUT2D eigenvalue weighted by molar-refractivity contribution is 0.0696. The highest BCUT2D eigenvalue weighted by molar-refractivity contribution is 5.94. The van der Waals surface area contributed by atoms with Crippen LogP contribution in [0, 0.1) is 6.92 Å². The normalized spacial score (nSPS) is 12.5. The van der Waals surface area contributed by atoms with Crippen LogP contribution in [-0.4, -0.2) is 52.3 Å². The van der Waals surface area contributed by atoms with Crippen molar-refractivity contribution in [1.29, 1.82) is 0 Å². The van der Waals surface area contributed by atoms with E-state index in [1.165, 1.54) is 11.8 Å². The van der Waals surface area contributed by atoms with Crippen LogP contribution in [0.2, 0.25) is 0 Å². The molecule has 0 aliphatic carbocycles. The number of methoxy groups -OCH3 is 1. The van der Waals surface area contributed by atoms with E-state index >= 15 is 0 Å². The number of carboxylic acid groups (broad SMARTS) is 1. The summed E-state index contributed by atoms with van der Waals surface area (Å²) < 4.78 is 6.36. The molecule has 0 fully saturated rings. The predicted octanol–water partition coefficient (Wildman–Crippen LogP) is -0.154. The average molecular weight is 243 g/mol. The number of carboxylic acids is 1. The molecule has 96 valence electrons. The molecule has 0 saturated carbocycles. The molecule has 7 heteroatoms. The van der Waals surface area contributed by atoms with Crippen molar-refractivity contribution in [3.8, 4) is 0 Å². The molecule has 1 aromatic heterocycles. The Bertz CT molecular complexity index is 403. The Labute approximate surface area is 99.0 Å². The number of nitrogens with zero attached hydrogens (tertiary/aromatic N) is 2. The van der Waals surface area contributed by atoms with E-state index in [-0.39, 0.29) is 24.8 Å². The number of aliphatic hydroxyl groups excluding tert-OH is 1. The fourth-order valence-electron chi connectivity index (χ4n) is 1.61. The van der Waals surface area contributed by atoms with Crippen LogP contribution in [0.4, 0.5) is 5.82 Å². The third-order valence-corrected chi connectivity index (χ3v) is 2.37. The van der Waals surface area contributed by atoms with Gasteiger partial charge in [-0.3, -0.25) is 4.68 Å².